The van der Waals surface area contributed by atoms with E-state index >= 15 is 0 Å². The molecule has 0 spiro atoms. The van der Waals surface area contributed by atoms with Crippen LogP contribution < -0.4 is 10.2 Å². The van der Waals surface area contributed by atoms with Crippen molar-refractivity contribution in [1.82, 2.24) is 15.4 Å². The van der Waals surface area contributed by atoms with E-state index in [4.69, 9.17) is 4.74 Å². The number of nitrogens with one attached hydrogen (secondary N) is 1. The van der Waals surface area contributed by atoms with E-state index in [-0.39, 0.29) is 23.9 Å². The molecule has 4 rings (SSSR count). The van der Waals surface area contributed by atoms with Crippen LogP contribution >= 0.6 is 11.8 Å². The van der Waals surface area contributed by atoms with E-state index in [9.17, 15) is 28.3 Å². The standard InChI is InChI=1S/C28H28F3N3O4S/c1-38-19-4-6-24-21(15-19)20(7-9-32-24)25(33-37)5-3-17-8-11-34(16-22(17)28(35)36)10-2-12-39-26-14-18(29)13-23(30)27(26)31/h4,6-7,9,13-15,17,22,25,33,37H,3,5,8,10-11,16H2,1H3,(H,35,36)/t17-,22+,25?/m1/s1. The molecule has 1 unspecified atom stereocenters. The molecule has 3 N–H and O–H groups in total. The maximum atomic E-state index is 13.8. The molecule has 3 atom stereocenters. The molecule has 206 valence electrons. The lowest BCUT2D eigenvalue weighted by Crippen LogP contribution is -2.44. The largest absolute Gasteiger partial charge is 0.497 e. The third kappa shape index (κ3) is 7.02. The summed E-state index contributed by atoms with van der Waals surface area (Å²) < 4.78 is 45.8. The molecule has 39 heavy (non-hydrogen) atoms. The first-order valence-corrected chi connectivity index (χ1v) is 13.2. The fourth-order valence-electron chi connectivity index (χ4n) is 4.93. The number of aliphatic carboxylic acids is 1. The van der Waals surface area contributed by atoms with Gasteiger partial charge in [0.2, 0.25) is 0 Å². The van der Waals surface area contributed by atoms with Crippen molar-refractivity contribution in [3.63, 3.8) is 0 Å². The first-order valence-electron chi connectivity index (χ1n) is 12.4. The molecule has 0 amide bonds. The van der Waals surface area contributed by atoms with E-state index < -0.39 is 35.4 Å². The molecule has 0 aliphatic carbocycles. The Balaban J connectivity index is 1.37. The maximum absolute atomic E-state index is 13.8. The van der Waals surface area contributed by atoms with Crippen LogP contribution in [0.25, 0.3) is 10.9 Å². The predicted molar refractivity (Wildman–Crippen MR) is 141 cm³/mol. The number of ether oxygens (including phenoxy) is 1. The van der Waals surface area contributed by atoms with Crippen LogP contribution in [0.15, 0.2) is 47.5 Å². The second kappa shape index (κ2) is 13.2. The van der Waals surface area contributed by atoms with E-state index in [0.29, 0.717) is 49.4 Å². The highest BCUT2D eigenvalue weighted by Crippen LogP contribution is 2.33. The highest BCUT2D eigenvalue weighted by molar-refractivity contribution is 8.04. The number of thioether (sulfide) groups is 1. The summed E-state index contributed by atoms with van der Waals surface area (Å²) in [6.45, 7) is 1.15. The number of hydroxylamine groups is 1. The Morgan fingerprint density at radius 2 is 2.10 bits per heavy atom. The van der Waals surface area contributed by atoms with E-state index in [1.54, 1.807) is 13.3 Å². The Labute approximate surface area is 228 Å². The van der Waals surface area contributed by atoms with Crippen molar-refractivity contribution in [2.75, 3.05) is 26.7 Å². The van der Waals surface area contributed by atoms with Crippen molar-refractivity contribution < 1.29 is 33.0 Å². The van der Waals surface area contributed by atoms with Crippen molar-refractivity contribution in [3.8, 4) is 16.9 Å². The molecule has 0 radical (unpaired) electrons. The zero-order valence-corrected chi connectivity index (χ0v) is 22.0. The molecule has 1 saturated heterocycles. The molecule has 0 saturated carbocycles. The number of carbonyl (C=O) groups is 1. The van der Waals surface area contributed by atoms with Crippen LogP contribution in [-0.2, 0) is 4.79 Å². The highest BCUT2D eigenvalue weighted by Gasteiger charge is 2.34. The highest BCUT2D eigenvalue weighted by atomic mass is 32.2. The number of fused-ring (bicyclic) bond motifs is 1. The van der Waals surface area contributed by atoms with Gasteiger partial charge in [0.25, 0.3) is 0 Å². The molecule has 2 aromatic carbocycles. The Bertz CT molecular complexity index is 1400. The van der Waals surface area contributed by atoms with Crippen LogP contribution in [0.1, 0.15) is 30.9 Å². The number of rotatable bonds is 9. The number of piperidine rings is 1. The van der Waals surface area contributed by atoms with Crippen molar-refractivity contribution in [3.05, 3.63) is 65.6 Å². The fraction of sp³-hybridized carbons (Fsp3) is 0.357. The number of hydrogen-bond donors (Lipinski definition) is 3. The topological polar surface area (TPSA) is 94.9 Å². The molecule has 7 nitrogen and oxygen atoms in total. The van der Waals surface area contributed by atoms with Gasteiger partial charge in [-0.2, -0.15) is 5.48 Å². The predicted octanol–water partition coefficient (Wildman–Crippen LogP) is 5.24. The number of carboxylic acids is 1. The maximum Gasteiger partial charge on any atom is 0.308 e. The van der Waals surface area contributed by atoms with Gasteiger partial charge in [0.05, 0.1) is 36.0 Å². The lowest BCUT2D eigenvalue weighted by molar-refractivity contribution is -0.146. The van der Waals surface area contributed by atoms with Gasteiger partial charge in [-0.1, -0.05) is 5.92 Å². The lowest BCUT2D eigenvalue weighted by Gasteiger charge is -2.36. The summed E-state index contributed by atoms with van der Waals surface area (Å²) in [5.74, 6) is -1.47. The number of hydrogen-bond acceptors (Lipinski definition) is 7. The number of nitrogens with zero attached hydrogens (tertiary/aromatic N) is 2. The molecule has 1 aliphatic rings. The minimum absolute atomic E-state index is 0.107. The Morgan fingerprint density at radius 1 is 1.28 bits per heavy atom. The number of likely N-dealkylation sites (tertiary alicyclic amines) is 1. The number of methoxy groups -OCH3 is 1. The van der Waals surface area contributed by atoms with Crippen LogP contribution in [-0.4, -0.2) is 52.9 Å². The summed E-state index contributed by atoms with van der Waals surface area (Å²) in [5, 5.41) is 23.3. The fourth-order valence-corrected chi connectivity index (χ4v) is 5.53. The second-order valence-electron chi connectivity index (χ2n) is 9.35. The molecule has 0 bridgehead atoms. The number of carboxylic acid groups (broad SMARTS) is 1. The van der Waals surface area contributed by atoms with Crippen LogP contribution in [0.5, 0.6) is 5.75 Å². The summed E-state index contributed by atoms with van der Waals surface area (Å²) in [7, 11) is 1.58. The summed E-state index contributed by atoms with van der Waals surface area (Å²) in [6, 6.07) is 8.27. The van der Waals surface area contributed by atoms with Gasteiger partial charge >= 0.3 is 5.97 Å². The number of pyridine rings is 1. The Hall–Kier alpha value is -3.30. The van der Waals surface area contributed by atoms with Gasteiger partial charge in [-0.05, 0) is 84.6 Å². The molecule has 11 heteroatoms. The van der Waals surface area contributed by atoms with Gasteiger partial charge in [-0.3, -0.25) is 14.7 Å². The van der Waals surface area contributed by atoms with Crippen molar-refractivity contribution in [2.24, 2.45) is 11.8 Å². The lowest BCUT2D eigenvalue weighted by atomic mass is 9.81. The van der Waals surface area contributed by atoms with Gasteiger partial charge < -0.3 is 15.1 Å². The molecule has 1 aromatic heterocycles. The molecular formula is C28H28F3N3O4S. The van der Waals surface area contributed by atoms with Crippen molar-refractivity contribution >= 4 is 28.6 Å². The van der Waals surface area contributed by atoms with Crippen LogP contribution in [0.4, 0.5) is 13.2 Å². The molecular weight excluding hydrogens is 531 g/mol. The minimum Gasteiger partial charge on any atom is -0.497 e. The quantitative estimate of drug-likeness (QED) is 0.142. The number of benzene rings is 2. The summed E-state index contributed by atoms with van der Waals surface area (Å²) >= 11 is 0.684. The zero-order valence-electron chi connectivity index (χ0n) is 21.2. The van der Waals surface area contributed by atoms with Gasteiger partial charge in [0.1, 0.15) is 11.6 Å². The van der Waals surface area contributed by atoms with Gasteiger partial charge in [0, 0.05) is 24.2 Å². The first-order chi connectivity index (χ1) is 18.8. The third-order valence-corrected chi connectivity index (χ3v) is 7.76. The summed E-state index contributed by atoms with van der Waals surface area (Å²) in [4.78, 5) is 18.1. The van der Waals surface area contributed by atoms with Gasteiger partial charge in [0.15, 0.2) is 11.6 Å². The molecule has 1 aliphatic heterocycles. The van der Waals surface area contributed by atoms with Crippen LogP contribution in [0, 0.1) is 40.5 Å². The molecule has 3 aromatic rings. The van der Waals surface area contributed by atoms with Gasteiger partial charge in [-0.25, -0.2) is 13.2 Å². The average molecular weight is 560 g/mol. The summed E-state index contributed by atoms with van der Waals surface area (Å²) in [6.07, 6.45) is 3.38. The number of aromatic nitrogens is 1. The van der Waals surface area contributed by atoms with E-state index in [1.165, 1.54) is 0 Å². The normalized spacial score (nSPS) is 18.4. The smallest absolute Gasteiger partial charge is 0.308 e. The van der Waals surface area contributed by atoms with Crippen molar-refractivity contribution in [2.45, 2.75) is 30.2 Å². The van der Waals surface area contributed by atoms with Crippen LogP contribution in [0.3, 0.4) is 0 Å². The second-order valence-corrected chi connectivity index (χ2v) is 10.2. The molecule has 1 fully saturated rings. The Kier molecular flexibility index (Phi) is 9.69. The SMILES string of the molecule is COc1ccc2nccc(C(CC[C@@H]3CCN(CC#CSc4cc(F)cc(F)c4F)C[C@@H]3C(=O)O)NO)c2c1. The van der Waals surface area contributed by atoms with Crippen molar-refractivity contribution in [1.29, 1.82) is 0 Å². The number of halogens is 3. The Morgan fingerprint density at radius 3 is 2.85 bits per heavy atom. The first kappa shape index (κ1) is 28.7. The van der Waals surface area contributed by atoms with E-state index in [0.717, 1.165) is 22.5 Å². The van der Waals surface area contributed by atoms with Gasteiger partial charge in [-0.15, -0.1) is 0 Å². The van der Waals surface area contributed by atoms with Crippen LogP contribution in [0.2, 0.25) is 0 Å². The van der Waals surface area contributed by atoms with E-state index in [2.05, 4.69) is 21.6 Å². The minimum atomic E-state index is -1.28. The molecule has 2 heterocycles. The van der Waals surface area contributed by atoms with E-state index in [1.807, 2.05) is 29.2 Å². The zero-order chi connectivity index (χ0) is 27.9. The summed E-state index contributed by atoms with van der Waals surface area (Å²) in [5.41, 5.74) is 3.98. The third-order valence-electron chi connectivity index (χ3n) is 6.99. The monoisotopic (exact) mass is 559 g/mol. The average Bonchev–Trinajstić information content (AvgIpc) is 2.93.